The van der Waals surface area contributed by atoms with E-state index >= 15 is 0 Å². The number of aliphatic hydroxyl groups excluding tert-OH is 1. The molecule has 0 fully saturated rings. The molecule has 0 saturated heterocycles. The van der Waals surface area contributed by atoms with Gasteiger partial charge in [0.2, 0.25) is 0 Å². The molecule has 0 spiro atoms. The van der Waals surface area contributed by atoms with Crippen molar-refractivity contribution in [3.05, 3.63) is 42.0 Å². The minimum atomic E-state index is -0.00145. The fourth-order valence-corrected chi connectivity index (χ4v) is 3.45. The van der Waals surface area contributed by atoms with Gasteiger partial charge in [0, 0.05) is 18.5 Å². The molecule has 0 aliphatic carbocycles. The summed E-state index contributed by atoms with van der Waals surface area (Å²) >= 11 is 0. The normalized spacial score (nSPS) is 11.0. The molecule has 0 aromatic heterocycles. The second-order valence-electron chi connectivity index (χ2n) is 4.70. The van der Waals surface area contributed by atoms with E-state index in [-0.39, 0.29) is 13.4 Å². The van der Waals surface area contributed by atoms with Gasteiger partial charge in [0.15, 0.2) is 18.3 Å². The monoisotopic (exact) mass is 336 g/mol. The Balaban J connectivity index is 2.45. The maximum atomic E-state index is 9.51. The van der Waals surface area contributed by atoms with E-state index in [2.05, 4.69) is 0 Å². The van der Waals surface area contributed by atoms with Crippen molar-refractivity contribution in [3.63, 3.8) is 0 Å². The average molecular weight is 336 g/mol. The first kappa shape index (κ1) is 17.5. The number of ether oxygens (including phenoxy) is 4. The Labute approximate surface area is 137 Å². The largest absolute Gasteiger partial charge is 0.497 e. The summed E-state index contributed by atoms with van der Waals surface area (Å²) in [6, 6.07) is 11.5. The predicted molar refractivity (Wildman–Crippen MR) is 92.0 cm³/mol. The molecule has 0 radical (unpaired) electrons. The van der Waals surface area contributed by atoms with Gasteiger partial charge in [-0.25, -0.2) is 0 Å². The molecule has 0 bridgehead atoms. The fourth-order valence-electron chi connectivity index (χ4n) is 2.13. The molecule has 0 aliphatic heterocycles. The molecule has 0 heterocycles. The van der Waals surface area contributed by atoms with Crippen molar-refractivity contribution >= 4 is 19.2 Å². The van der Waals surface area contributed by atoms with E-state index in [1.54, 1.807) is 27.4 Å². The summed E-state index contributed by atoms with van der Waals surface area (Å²) in [4.78, 5) is 0. The van der Waals surface area contributed by atoms with Crippen LogP contribution in [0.4, 0.5) is 0 Å². The quantitative estimate of drug-likeness (QED) is 0.589. The van der Waals surface area contributed by atoms with Crippen molar-refractivity contribution in [3.8, 4) is 17.2 Å². The standard InChI is InChI=1S/C17H21O5P/c1-19-11-22-17-14(21-3)8-13(20-2)9-16(17)23-15-7-5-4-6-12(15)10-18/h4-9,18,23H,10-11H2,1-3H3. The summed E-state index contributed by atoms with van der Waals surface area (Å²) in [5.41, 5.74) is 0.894. The van der Waals surface area contributed by atoms with Crippen LogP contribution in [0.15, 0.2) is 36.4 Å². The highest BCUT2D eigenvalue weighted by Crippen LogP contribution is 2.34. The van der Waals surface area contributed by atoms with E-state index in [0.29, 0.717) is 25.8 Å². The molecule has 6 heteroatoms. The van der Waals surface area contributed by atoms with Crippen LogP contribution in [0, 0.1) is 0 Å². The van der Waals surface area contributed by atoms with Gasteiger partial charge in [-0.15, -0.1) is 0 Å². The lowest BCUT2D eigenvalue weighted by Crippen LogP contribution is -2.14. The summed E-state index contributed by atoms with van der Waals surface area (Å²) in [6.45, 7) is 0.125. The topological polar surface area (TPSA) is 57.2 Å². The van der Waals surface area contributed by atoms with Crippen LogP contribution in [0.1, 0.15) is 5.56 Å². The third-order valence-corrected chi connectivity index (χ3v) is 4.66. The third kappa shape index (κ3) is 4.35. The molecular formula is C17H21O5P. The molecule has 0 amide bonds. The number of methoxy groups -OCH3 is 3. The second kappa shape index (κ2) is 8.73. The Kier molecular flexibility index (Phi) is 6.66. The van der Waals surface area contributed by atoms with Gasteiger partial charge in [0.25, 0.3) is 0 Å². The lowest BCUT2D eigenvalue weighted by molar-refractivity contribution is 0.0499. The van der Waals surface area contributed by atoms with Crippen molar-refractivity contribution in [2.45, 2.75) is 6.61 Å². The van der Waals surface area contributed by atoms with Gasteiger partial charge in [0.05, 0.1) is 20.8 Å². The summed E-state index contributed by atoms with van der Waals surface area (Å²) in [5.74, 6) is 1.90. The van der Waals surface area contributed by atoms with Crippen LogP contribution in [0.25, 0.3) is 0 Å². The Hall–Kier alpha value is -1.81. The molecule has 0 saturated carbocycles. The Morgan fingerprint density at radius 1 is 1.00 bits per heavy atom. The zero-order valence-electron chi connectivity index (χ0n) is 13.5. The number of benzene rings is 2. The lowest BCUT2D eigenvalue weighted by atomic mass is 10.2. The summed E-state index contributed by atoms with van der Waals surface area (Å²) in [6.07, 6.45) is 0. The van der Waals surface area contributed by atoms with Crippen LogP contribution >= 0.6 is 8.58 Å². The molecule has 5 nitrogen and oxygen atoms in total. The van der Waals surface area contributed by atoms with Gasteiger partial charge in [-0.05, 0) is 16.9 Å². The molecule has 0 aliphatic rings. The van der Waals surface area contributed by atoms with E-state index in [1.165, 1.54) is 0 Å². The van der Waals surface area contributed by atoms with Crippen molar-refractivity contribution in [1.29, 1.82) is 0 Å². The van der Waals surface area contributed by atoms with Crippen LogP contribution in [0.3, 0.4) is 0 Å². The van der Waals surface area contributed by atoms with Gasteiger partial charge >= 0.3 is 0 Å². The van der Waals surface area contributed by atoms with Gasteiger partial charge in [-0.3, -0.25) is 0 Å². The zero-order valence-corrected chi connectivity index (χ0v) is 14.5. The first-order valence-corrected chi connectivity index (χ1v) is 8.07. The summed E-state index contributed by atoms with van der Waals surface area (Å²) in [5, 5.41) is 11.5. The Bertz CT molecular complexity index is 645. The van der Waals surface area contributed by atoms with Crippen molar-refractivity contribution < 1.29 is 24.1 Å². The van der Waals surface area contributed by atoms with Crippen LogP contribution in [0.2, 0.25) is 0 Å². The number of aliphatic hydroxyl groups is 1. The predicted octanol–water partition coefficient (Wildman–Crippen LogP) is 1.81. The summed E-state index contributed by atoms with van der Waals surface area (Å²) in [7, 11) is 5.06. The second-order valence-corrected chi connectivity index (χ2v) is 6.02. The average Bonchev–Trinajstić information content (AvgIpc) is 2.60. The highest BCUT2D eigenvalue weighted by molar-refractivity contribution is 7.55. The minimum Gasteiger partial charge on any atom is -0.497 e. The summed E-state index contributed by atoms with van der Waals surface area (Å²) < 4.78 is 21.5. The Morgan fingerprint density at radius 2 is 1.78 bits per heavy atom. The first-order valence-electron chi connectivity index (χ1n) is 7.07. The van der Waals surface area contributed by atoms with E-state index in [9.17, 15) is 5.11 Å². The van der Waals surface area contributed by atoms with Crippen molar-refractivity contribution in [2.75, 3.05) is 28.1 Å². The van der Waals surface area contributed by atoms with Crippen molar-refractivity contribution in [2.24, 2.45) is 0 Å². The SMILES string of the molecule is COCOc1c(OC)cc(OC)cc1Pc1ccccc1CO. The molecule has 2 aromatic carbocycles. The first-order chi connectivity index (χ1) is 11.2. The molecule has 1 unspecified atom stereocenters. The maximum absolute atomic E-state index is 9.51. The van der Waals surface area contributed by atoms with E-state index in [0.717, 1.165) is 16.2 Å². The number of hydrogen-bond donors (Lipinski definition) is 1. The Morgan fingerprint density at radius 3 is 2.43 bits per heavy atom. The lowest BCUT2D eigenvalue weighted by Gasteiger charge is -2.17. The van der Waals surface area contributed by atoms with E-state index < -0.39 is 0 Å². The van der Waals surface area contributed by atoms with E-state index in [1.807, 2.05) is 30.3 Å². The zero-order chi connectivity index (χ0) is 16.7. The van der Waals surface area contributed by atoms with Gasteiger partial charge < -0.3 is 24.1 Å². The molecule has 2 rings (SSSR count). The van der Waals surface area contributed by atoms with Crippen LogP contribution in [-0.4, -0.2) is 33.2 Å². The van der Waals surface area contributed by atoms with E-state index in [4.69, 9.17) is 18.9 Å². The highest BCUT2D eigenvalue weighted by atomic mass is 31.1. The van der Waals surface area contributed by atoms with Crippen LogP contribution < -0.4 is 24.8 Å². The molecule has 124 valence electrons. The molecule has 1 N–H and O–H groups in total. The van der Waals surface area contributed by atoms with Gasteiger partial charge in [0.1, 0.15) is 5.75 Å². The number of rotatable bonds is 8. The fraction of sp³-hybridized carbons (Fsp3) is 0.294. The molecule has 1 atom stereocenters. The van der Waals surface area contributed by atoms with Crippen LogP contribution in [-0.2, 0) is 11.3 Å². The minimum absolute atomic E-state index is 0.00145. The van der Waals surface area contributed by atoms with Gasteiger partial charge in [-0.1, -0.05) is 32.8 Å². The van der Waals surface area contributed by atoms with Gasteiger partial charge in [-0.2, -0.15) is 0 Å². The van der Waals surface area contributed by atoms with Crippen LogP contribution in [0.5, 0.6) is 17.2 Å². The molecule has 23 heavy (non-hydrogen) atoms. The third-order valence-electron chi connectivity index (χ3n) is 3.26. The van der Waals surface area contributed by atoms with Crippen molar-refractivity contribution in [1.82, 2.24) is 0 Å². The highest BCUT2D eigenvalue weighted by Gasteiger charge is 2.15. The smallest absolute Gasteiger partial charge is 0.188 e. The molecular weight excluding hydrogens is 315 g/mol. The maximum Gasteiger partial charge on any atom is 0.188 e. The molecule has 2 aromatic rings. The number of hydrogen-bond acceptors (Lipinski definition) is 5.